The Morgan fingerprint density at radius 3 is 2.80 bits per heavy atom. The molecular weight excluding hydrogens is 270 g/mol. The van der Waals surface area contributed by atoms with Crippen molar-refractivity contribution in [2.75, 3.05) is 0 Å². The molecule has 4 heteroatoms. The van der Waals surface area contributed by atoms with Crippen molar-refractivity contribution >= 4 is 11.6 Å². The van der Waals surface area contributed by atoms with E-state index in [1.165, 1.54) is 16.7 Å². The lowest BCUT2D eigenvalue weighted by molar-refractivity contribution is 0.943. The third-order valence-electron chi connectivity index (χ3n) is 3.82. The summed E-state index contributed by atoms with van der Waals surface area (Å²) in [6, 6.07) is 10.0. The van der Waals surface area contributed by atoms with Crippen molar-refractivity contribution < 1.29 is 0 Å². The van der Waals surface area contributed by atoms with E-state index in [9.17, 15) is 0 Å². The Labute approximate surface area is 121 Å². The molecule has 1 aliphatic rings. The highest BCUT2D eigenvalue weighted by Crippen LogP contribution is 2.39. The van der Waals surface area contributed by atoms with Crippen LogP contribution in [0.1, 0.15) is 11.1 Å². The van der Waals surface area contributed by atoms with Gasteiger partial charge in [-0.25, -0.2) is 0 Å². The van der Waals surface area contributed by atoms with Gasteiger partial charge in [0.15, 0.2) is 0 Å². The summed E-state index contributed by atoms with van der Waals surface area (Å²) in [5, 5.41) is 8.50. The van der Waals surface area contributed by atoms with Crippen molar-refractivity contribution in [1.29, 1.82) is 0 Å². The highest BCUT2D eigenvalue weighted by molar-refractivity contribution is 6.31. The Morgan fingerprint density at radius 2 is 1.95 bits per heavy atom. The van der Waals surface area contributed by atoms with Gasteiger partial charge in [-0.2, -0.15) is 5.10 Å². The fourth-order valence-corrected chi connectivity index (χ4v) is 3.14. The van der Waals surface area contributed by atoms with E-state index in [1.807, 2.05) is 30.5 Å². The van der Waals surface area contributed by atoms with Crippen molar-refractivity contribution in [3.63, 3.8) is 0 Å². The van der Waals surface area contributed by atoms with Crippen LogP contribution in [-0.4, -0.2) is 15.2 Å². The van der Waals surface area contributed by atoms with Crippen LogP contribution in [0, 0.1) is 0 Å². The molecular formula is C16H12ClN3. The van der Waals surface area contributed by atoms with Crippen molar-refractivity contribution in [3.8, 4) is 22.5 Å². The van der Waals surface area contributed by atoms with Crippen molar-refractivity contribution in [2.24, 2.45) is 0 Å². The molecule has 20 heavy (non-hydrogen) atoms. The maximum atomic E-state index is 6.29. The van der Waals surface area contributed by atoms with E-state index in [1.54, 1.807) is 6.20 Å². The number of rotatable bonds is 1. The van der Waals surface area contributed by atoms with Gasteiger partial charge in [0.25, 0.3) is 0 Å². The summed E-state index contributed by atoms with van der Waals surface area (Å²) in [5.41, 5.74) is 6.78. The summed E-state index contributed by atoms with van der Waals surface area (Å²) in [4.78, 5) is 4.17. The lowest BCUT2D eigenvalue weighted by Crippen LogP contribution is -2.04. The number of hydrogen-bond donors (Lipinski definition) is 1. The minimum Gasteiger partial charge on any atom is -0.277 e. The van der Waals surface area contributed by atoms with Gasteiger partial charge in [0, 0.05) is 34.1 Å². The van der Waals surface area contributed by atoms with Crippen LogP contribution in [0.4, 0.5) is 0 Å². The third-order valence-corrected chi connectivity index (χ3v) is 4.17. The first-order valence-electron chi connectivity index (χ1n) is 6.60. The quantitative estimate of drug-likeness (QED) is 0.735. The Morgan fingerprint density at radius 1 is 1.05 bits per heavy atom. The zero-order chi connectivity index (χ0) is 13.5. The van der Waals surface area contributed by atoms with Crippen molar-refractivity contribution in [2.45, 2.75) is 12.8 Å². The summed E-state index contributed by atoms with van der Waals surface area (Å²) in [6.45, 7) is 0. The Balaban J connectivity index is 1.91. The molecule has 0 atom stereocenters. The molecule has 3 aromatic rings. The number of nitrogens with one attached hydrogen (secondary N) is 1. The van der Waals surface area contributed by atoms with E-state index in [0.717, 1.165) is 34.8 Å². The number of fused-ring (bicyclic) bond motifs is 3. The largest absolute Gasteiger partial charge is 0.277 e. The van der Waals surface area contributed by atoms with Gasteiger partial charge in [0.05, 0.1) is 11.4 Å². The number of benzene rings is 1. The van der Waals surface area contributed by atoms with Gasteiger partial charge in [-0.3, -0.25) is 10.1 Å². The predicted octanol–water partition coefficient (Wildman–Crippen LogP) is 3.89. The van der Waals surface area contributed by atoms with Gasteiger partial charge in [0.1, 0.15) is 0 Å². The molecule has 2 aromatic heterocycles. The lowest BCUT2D eigenvalue weighted by Gasteiger charge is -2.17. The molecule has 0 saturated heterocycles. The van der Waals surface area contributed by atoms with E-state index in [4.69, 9.17) is 11.6 Å². The number of halogens is 1. The summed E-state index contributed by atoms with van der Waals surface area (Å²) in [5.74, 6) is 0. The molecule has 0 saturated carbocycles. The maximum absolute atomic E-state index is 6.29. The summed E-state index contributed by atoms with van der Waals surface area (Å²) in [7, 11) is 0. The minimum atomic E-state index is 0.839. The average molecular weight is 282 g/mol. The highest BCUT2D eigenvalue weighted by Gasteiger charge is 2.23. The summed E-state index contributed by atoms with van der Waals surface area (Å²) >= 11 is 6.29. The molecule has 2 heterocycles. The first-order valence-corrected chi connectivity index (χ1v) is 6.98. The molecule has 0 amide bonds. The van der Waals surface area contributed by atoms with E-state index < -0.39 is 0 Å². The third kappa shape index (κ3) is 1.67. The molecule has 0 unspecified atom stereocenters. The zero-order valence-electron chi connectivity index (χ0n) is 10.7. The van der Waals surface area contributed by atoms with Gasteiger partial charge in [-0.15, -0.1) is 0 Å². The molecule has 3 nitrogen and oxygen atoms in total. The topological polar surface area (TPSA) is 41.6 Å². The Hall–Kier alpha value is -2.13. The molecule has 0 aliphatic heterocycles. The Kier molecular flexibility index (Phi) is 2.60. The molecule has 98 valence electrons. The van der Waals surface area contributed by atoms with Crippen LogP contribution in [0.5, 0.6) is 0 Å². The molecule has 1 N–H and O–H groups in total. The average Bonchev–Trinajstić information content (AvgIpc) is 2.93. The lowest BCUT2D eigenvalue weighted by atomic mass is 9.88. The number of aromatic amines is 1. The molecule has 0 spiro atoms. The van der Waals surface area contributed by atoms with Gasteiger partial charge in [0.2, 0.25) is 0 Å². The zero-order valence-corrected chi connectivity index (χ0v) is 11.5. The van der Waals surface area contributed by atoms with E-state index in [0.29, 0.717) is 0 Å². The smallest absolute Gasteiger partial charge is 0.0974 e. The predicted molar refractivity (Wildman–Crippen MR) is 79.7 cm³/mol. The summed E-state index contributed by atoms with van der Waals surface area (Å²) in [6.07, 6.45) is 5.53. The fourth-order valence-electron chi connectivity index (χ4n) is 2.87. The molecule has 1 aliphatic carbocycles. The van der Waals surface area contributed by atoms with Crippen LogP contribution in [0.25, 0.3) is 22.5 Å². The van der Waals surface area contributed by atoms with Crippen molar-refractivity contribution in [3.05, 3.63) is 58.9 Å². The Bertz CT molecular complexity index is 778. The van der Waals surface area contributed by atoms with E-state index in [-0.39, 0.29) is 0 Å². The van der Waals surface area contributed by atoms with Gasteiger partial charge < -0.3 is 0 Å². The van der Waals surface area contributed by atoms with Crippen LogP contribution in [0.2, 0.25) is 5.02 Å². The maximum Gasteiger partial charge on any atom is 0.0974 e. The molecule has 1 aromatic carbocycles. The second-order valence-corrected chi connectivity index (χ2v) is 5.34. The van der Waals surface area contributed by atoms with Gasteiger partial charge in [-0.05, 0) is 36.6 Å². The molecule has 0 bridgehead atoms. The fraction of sp³-hybridized carbons (Fsp3) is 0.125. The van der Waals surface area contributed by atoms with Crippen LogP contribution >= 0.6 is 11.6 Å². The van der Waals surface area contributed by atoms with Crippen LogP contribution in [-0.2, 0) is 12.8 Å². The first-order chi connectivity index (χ1) is 9.84. The van der Waals surface area contributed by atoms with E-state index >= 15 is 0 Å². The first kappa shape index (κ1) is 11.7. The molecule has 4 rings (SSSR count). The number of pyridine rings is 1. The minimum absolute atomic E-state index is 0.839. The molecule has 0 radical (unpaired) electrons. The second kappa shape index (κ2) is 4.46. The monoisotopic (exact) mass is 281 g/mol. The van der Waals surface area contributed by atoms with Crippen LogP contribution in [0.15, 0.2) is 42.7 Å². The SMILES string of the molecule is Clc1cccc2c1CCc1c(-c3cccnc3)n[nH]c1-2. The number of hydrogen-bond acceptors (Lipinski definition) is 2. The summed E-state index contributed by atoms with van der Waals surface area (Å²) < 4.78 is 0. The van der Waals surface area contributed by atoms with Crippen LogP contribution in [0.3, 0.4) is 0 Å². The highest BCUT2D eigenvalue weighted by atomic mass is 35.5. The number of aromatic nitrogens is 3. The van der Waals surface area contributed by atoms with E-state index in [2.05, 4.69) is 21.2 Å². The second-order valence-electron chi connectivity index (χ2n) is 4.93. The number of nitrogens with zero attached hydrogens (tertiary/aromatic N) is 2. The molecule has 0 fully saturated rings. The van der Waals surface area contributed by atoms with Gasteiger partial charge in [-0.1, -0.05) is 23.7 Å². The standard InChI is InChI=1S/C16H12ClN3/c17-14-5-1-4-12-11(14)6-7-13-15(19-20-16(12)13)10-3-2-8-18-9-10/h1-5,8-9H,6-7H2,(H,19,20). The van der Waals surface area contributed by atoms with Crippen molar-refractivity contribution in [1.82, 2.24) is 15.2 Å². The number of H-pyrrole nitrogens is 1. The van der Waals surface area contributed by atoms with Crippen LogP contribution < -0.4 is 0 Å². The normalized spacial score (nSPS) is 12.8. The van der Waals surface area contributed by atoms with Gasteiger partial charge >= 0.3 is 0 Å².